The van der Waals surface area contributed by atoms with Crippen molar-refractivity contribution in [3.8, 4) is 0 Å². The van der Waals surface area contributed by atoms with Crippen LogP contribution in [0.2, 0.25) is 0 Å². The van der Waals surface area contributed by atoms with Crippen LogP contribution in [-0.4, -0.2) is 15.7 Å². The van der Waals surface area contributed by atoms with Crippen molar-refractivity contribution >= 4 is 0 Å². The van der Waals surface area contributed by atoms with Gasteiger partial charge in [-0.1, -0.05) is 0 Å². The Bertz CT molecular complexity index is 283. The maximum absolute atomic E-state index is 7.64. The molecular formula is C8H14N2O. The van der Waals surface area contributed by atoms with Crippen molar-refractivity contribution in [1.82, 2.24) is 9.55 Å². The molecule has 0 saturated heterocycles. The van der Waals surface area contributed by atoms with Crippen LogP contribution < -0.4 is 0 Å². The van der Waals surface area contributed by atoms with Gasteiger partial charge in [0.15, 0.2) is 0 Å². The fourth-order valence-corrected chi connectivity index (χ4v) is 0.634. The van der Waals surface area contributed by atoms with E-state index >= 15 is 0 Å². The van der Waals surface area contributed by atoms with Gasteiger partial charge in [0.1, 0.15) is 0 Å². The third-order valence-corrected chi connectivity index (χ3v) is 1.22. The van der Waals surface area contributed by atoms with E-state index in [0.29, 0.717) is 5.69 Å². The normalized spacial score (nSPS) is 14.9. The molecule has 0 saturated carbocycles. The molecule has 3 heteroatoms. The minimum Gasteiger partial charge on any atom is -0.373 e. The number of imidazole rings is 1. The number of aryl methyl sites for hydroxylation is 1. The highest BCUT2D eigenvalue weighted by Gasteiger charge is 1.98. The van der Waals surface area contributed by atoms with Crippen LogP contribution in [0.4, 0.5) is 0 Å². The van der Waals surface area contributed by atoms with Gasteiger partial charge < -0.3 is 9.30 Å². The molecule has 0 fully saturated rings. The van der Waals surface area contributed by atoms with Gasteiger partial charge in [0.2, 0.25) is 0 Å². The van der Waals surface area contributed by atoms with Crippen molar-refractivity contribution in [2.45, 2.75) is 26.5 Å². The van der Waals surface area contributed by atoms with Crippen LogP contribution in [0.25, 0.3) is 0 Å². The molecule has 0 aliphatic carbocycles. The number of ether oxygens (including phenoxy) is 1. The smallest absolute Gasteiger partial charge is 0.0946 e. The number of rotatable bonds is 3. The lowest BCUT2D eigenvalue weighted by molar-refractivity contribution is 0.0622. The molecule has 0 unspecified atom stereocenters. The van der Waals surface area contributed by atoms with Gasteiger partial charge in [-0.05, 0) is 13.8 Å². The molecule has 0 spiro atoms. The van der Waals surface area contributed by atoms with E-state index in [1.165, 1.54) is 6.20 Å². The van der Waals surface area contributed by atoms with E-state index in [4.69, 9.17) is 7.48 Å². The van der Waals surface area contributed by atoms with Crippen LogP contribution in [0.1, 0.15) is 22.3 Å². The second-order valence-electron chi connectivity index (χ2n) is 2.66. The molecule has 1 aromatic rings. The Balaban J connectivity index is 2.87. The summed E-state index contributed by atoms with van der Waals surface area (Å²) in [5.74, 6) is 0. The van der Waals surface area contributed by atoms with E-state index in [1.54, 1.807) is 31.8 Å². The summed E-state index contributed by atoms with van der Waals surface area (Å²) in [6.07, 6.45) is 2.88. The molecule has 0 N–H and O–H groups in total. The standard InChI is InChI=1S/C8H14N2O/c1-7(2)11-5-8-4-9-6-10(8)3/h4,6-7H,5H2,1-3H3/i5D2. The summed E-state index contributed by atoms with van der Waals surface area (Å²) in [7, 11) is 1.74. The molecule has 0 bridgehead atoms. The molecule has 1 heterocycles. The summed E-state index contributed by atoms with van der Waals surface area (Å²) < 4.78 is 22.0. The average molecular weight is 156 g/mol. The van der Waals surface area contributed by atoms with E-state index in [9.17, 15) is 0 Å². The predicted octanol–water partition coefficient (Wildman–Crippen LogP) is 1.35. The zero-order valence-electron chi connectivity index (χ0n) is 9.03. The summed E-state index contributed by atoms with van der Waals surface area (Å²) in [4.78, 5) is 3.84. The SMILES string of the molecule is [2H]C([2H])(OC(C)C)c1cncn1C. The summed E-state index contributed by atoms with van der Waals surface area (Å²) in [6.45, 7) is 1.84. The van der Waals surface area contributed by atoms with Crippen LogP contribution in [0, 0.1) is 0 Å². The maximum atomic E-state index is 7.64. The molecule has 1 aromatic heterocycles. The van der Waals surface area contributed by atoms with Crippen LogP contribution in [0.3, 0.4) is 0 Å². The average Bonchev–Trinajstić information content (AvgIpc) is 2.32. The van der Waals surface area contributed by atoms with Gasteiger partial charge in [-0.15, -0.1) is 0 Å². The van der Waals surface area contributed by atoms with Gasteiger partial charge in [0.05, 0.1) is 33.6 Å². The first kappa shape index (κ1) is 5.77. The highest BCUT2D eigenvalue weighted by Crippen LogP contribution is 2.00. The monoisotopic (exact) mass is 156 g/mol. The molecule has 0 aliphatic heterocycles. The highest BCUT2D eigenvalue weighted by molar-refractivity contribution is 4.94. The maximum Gasteiger partial charge on any atom is 0.0946 e. The third kappa shape index (κ3) is 2.35. The van der Waals surface area contributed by atoms with E-state index in [1.807, 2.05) is 0 Å². The highest BCUT2D eigenvalue weighted by atomic mass is 16.5. The van der Waals surface area contributed by atoms with Crippen molar-refractivity contribution in [3.05, 3.63) is 18.2 Å². The molecule has 0 aromatic carbocycles. The lowest BCUT2D eigenvalue weighted by atomic mass is 10.4. The van der Waals surface area contributed by atoms with E-state index in [0.717, 1.165) is 0 Å². The Labute approximate surface area is 69.8 Å². The van der Waals surface area contributed by atoms with Gasteiger partial charge >= 0.3 is 0 Å². The molecule has 11 heavy (non-hydrogen) atoms. The number of hydrogen-bond donors (Lipinski definition) is 0. The number of nitrogens with zero attached hydrogens (tertiary/aromatic N) is 2. The minimum atomic E-state index is -1.76. The zero-order chi connectivity index (χ0) is 10.1. The molecule has 0 atom stereocenters. The Hall–Kier alpha value is -0.830. The summed E-state index contributed by atoms with van der Waals surface area (Å²) >= 11 is 0. The first-order chi connectivity index (χ1) is 5.93. The second-order valence-corrected chi connectivity index (χ2v) is 2.66. The molecule has 62 valence electrons. The van der Waals surface area contributed by atoms with Gasteiger partial charge in [-0.3, -0.25) is 0 Å². The van der Waals surface area contributed by atoms with Crippen molar-refractivity contribution in [1.29, 1.82) is 0 Å². The van der Waals surface area contributed by atoms with Gasteiger partial charge in [-0.2, -0.15) is 0 Å². The van der Waals surface area contributed by atoms with Crippen molar-refractivity contribution in [2.24, 2.45) is 7.05 Å². The van der Waals surface area contributed by atoms with Crippen LogP contribution in [0.15, 0.2) is 12.5 Å². The van der Waals surface area contributed by atoms with Crippen molar-refractivity contribution in [2.75, 3.05) is 0 Å². The van der Waals surface area contributed by atoms with Crippen LogP contribution >= 0.6 is 0 Å². The van der Waals surface area contributed by atoms with Crippen molar-refractivity contribution in [3.63, 3.8) is 0 Å². The quantitative estimate of drug-likeness (QED) is 0.660. The second kappa shape index (κ2) is 3.53. The first-order valence-corrected chi connectivity index (χ1v) is 3.58. The topological polar surface area (TPSA) is 27.1 Å². The Kier molecular flexibility index (Phi) is 1.85. The summed E-state index contributed by atoms with van der Waals surface area (Å²) in [6, 6.07) is 0. The minimum absolute atomic E-state index is 0.148. The number of aromatic nitrogens is 2. The van der Waals surface area contributed by atoms with E-state index < -0.39 is 6.56 Å². The Morgan fingerprint density at radius 1 is 1.82 bits per heavy atom. The molecule has 3 nitrogen and oxygen atoms in total. The van der Waals surface area contributed by atoms with Crippen LogP contribution in [0.5, 0.6) is 0 Å². The molecule has 0 radical (unpaired) electrons. The zero-order valence-corrected chi connectivity index (χ0v) is 7.03. The molecular weight excluding hydrogens is 140 g/mol. The fraction of sp³-hybridized carbons (Fsp3) is 0.625. The predicted molar refractivity (Wildman–Crippen MR) is 43.1 cm³/mol. The van der Waals surface area contributed by atoms with Crippen LogP contribution in [-0.2, 0) is 18.3 Å². The number of hydrogen-bond acceptors (Lipinski definition) is 2. The lowest BCUT2D eigenvalue weighted by Gasteiger charge is -2.06. The van der Waals surface area contributed by atoms with Gasteiger partial charge in [0, 0.05) is 7.05 Å². The molecule has 1 rings (SSSR count). The Morgan fingerprint density at radius 3 is 3.00 bits per heavy atom. The first-order valence-electron chi connectivity index (χ1n) is 4.58. The summed E-state index contributed by atoms with van der Waals surface area (Å²) in [5, 5.41) is 0. The van der Waals surface area contributed by atoms with Gasteiger partial charge in [-0.25, -0.2) is 4.98 Å². The Morgan fingerprint density at radius 2 is 2.55 bits per heavy atom. The lowest BCUT2D eigenvalue weighted by Crippen LogP contribution is -2.04. The van der Waals surface area contributed by atoms with Gasteiger partial charge in [0.25, 0.3) is 0 Å². The fourth-order valence-electron chi connectivity index (χ4n) is 0.634. The third-order valence-electron chi connectivity index (χ3n) is 1.22. The summed E-state index contributed by atoms with van der Waals surface area (Å²) in [5.41, 5.74) is 0.432. The van der Waals surface area contributed by atoms with Crippen molar-refractivity contribution < 1.29 is 7.48 Å². The van der Waals surface area contributed by atoms with E-state index in [-0.39, 0.29) is 6.10 Å². The molecule has 0 amide bonds. The largest absolute Gasteiger partial charge is 0.373 e. The molecule has 0 aliphatic rings. The van der Waals surface area contributed by atoms with E-state index in [2.05, 4.69) is 4.98 Å².